The molecular formula is C11H22N2O2. The highest BCUT2D eigenvalue weighted by molar-refractivity contribution is 5.79. The number of amides is 1. The van der Waals surface area contributed by atoms with Crippen LogP contribution < -0.4 is 0 Å². The summed E-state index contributed by atoms with van der Waals surface area (Å²) >= 11 is 0. The van der Waals surface area contributed by atoms with Crippen molar-refractivity contribution in [3.8, 4) is 0 Å². The molecule has 1 N–H and O–H groups in total. The first-order valence-corrected chi connectivity index (χ1v) is 5.63. The number of hydrogen-bond donors (Lipinski definition) is 1. The topological polar surface area (TPSA) is 43.8 Å². The van der Waals surface area contributed by atoms with Gasteiger partial charge in [-0.3, -0.25) is 9.69 Å². The fourth-order valence-electron chi connectivity index (χ4n) is 2.35. The Labute approximate surface area is 91.9 Å². The first-order valence-electron chi connectivity index (χ1n) is 5.63. The van der Waals surface area contributed by atoms with E-state index in [2.05, 4.69) is 6.92 Å². The van der Waals surface area contributed by atoms with Gasteiger partial charge < -0.3 is 10.0 Å². The molecule has 0 aromatic rings. The second kappa shape index (κ2) is 4.94. The second-order valence-electron chi connectivity index (χ2n) is 4.79. The number of rotatable bonds is 3. The van der Waals surface area contributed by atoms with Crippen molar-refractivity contribution >= 4 is 5.91 Å². The van der Waals surface area contributed by atoms with Gasteiger partial charge in [0, 0.05) is 25.2 Å². The summed E-state index contributed by atoms with van der Waals surface area (Å²) < 4.78 is 0. The Bertz CT molecular complexity index is 229. The van der Waals surface area contributed by atoms with Crippen molar-refractivity contribution in [2.75, 3.05) is 19.6 Å². The zero-order chi connectivity index (χ0) is 11.6. The highest BCUT2D eigenvalue weighted by Gasteiger charge is 2.31. The van der Waals surface area contributed by atoms with Crippen LogP contribution in [0.2, 0.25) is 0 Å². The molecule has 0 aliphatic carbocycles. The van der Waals surface area contributed by atoms with E-state index in [1.807, 2.05) is 23.6 Å². The molecule has 1 aliphatic rings. The molecule has 1 aliphatic heterocycles. The van der Waals surface area contributed by atoms with Crippen LogP contribution in [0.3, 0.4) is 0 Å². The molecule has 2 unspecified atom stereocenters. The molecule has 0 aromatic carbocycles. The molecule has 1 heterocycles. The molecule has 2 atom stereocenters. The highest BCUT2D eigenvalue weighted by atomic mass is 16.3. The third-order valence-corrected chi connectivity index (χ3v) is 2.72. The van der Waals surface area contributed by atoms with Gasteiger partial charge in [0.2, 0.25) is 5.91 Å². The second-order valence-corrected chi connectivity index (χ2v) is 4.79. The van der Waals surface area contributed by atoms with Gasteiger partial charge in [-0.2, -0.15) is 0 Å². The lowest BCUT2D eigenvalue weighted by Crippen LogP contribution is -2.58. The standard InChI is InChI=1S/C11H22N2O2/c1-8(2)13-9(3)5-12(6-10(4)14)7-11(13)15/h8-10,14H,5-7H2,1-4H3. The van der Waals surface area contributed by atoms with Gasteiger partial charge in [-0.25, -0.2) is 0 Å². The maximum Gasteiger partial charge on any atom is 0.237 e. The summed E-state index contributed by atoms with van der Waals surface area (Å²) in [6.07, 6.45) is -0.365. The molecule has 0 bridgehead atoms. The van der Waals surface area contributed by atoms with Crippen molar-refractivity contribution in [3.63, 3.8) is 0 Å². The third kappa shape index (κ3) is 3.18. The summed E-state index contributed by atoms with van der Waals surface area (Å²) in [6, 6.07) is 0.506. The van der Waals surface area contributed by atoms with Crippen molar-refractivity contribution in [2.24, 2.45) is 0 Å². The Balaban J connectivity index is 2.59. The van der Waals surface area contributed by atoms with Crippen molar-refractivity contribution < 1.29 is 9.90 Å². The van der Waals surface area contributed by atoms with E-state index in [1.54, 1.807) is 6.92 Å². The van der Waals surface area contributed by atoms with Crippen LogP contribution in [0.4, 0.5) is 0 Å². The van der Waals surface area contributed by atoms with Gasteiger partial charge in [-0.05, 0) is 27.7 Å². The number of carbonyl (C=O) groups excluding carboxylic acids is 1. The predicted molar refractivity (Wildman–Crippen MR) is 59.6 cm³/mol. The Morgan fingerprint density at radius 3 is 2.47 bits per heavy atom. The number of hydrogen-bond acceptors (Lipinski definition) is 3. The Morgan fingerprint density at radius 1 is 1.47 bits per heavy atom. The average Bonchev–Trinajstić information content (AvgIpc) is 1.99. The van der Waals surface area contributed by atoms with Crippen LogP contribution >= 0.6 is 0 Å². The Kier molecular flexibility index (Phi) is 4.11. The molecule has 4 heteroatoms. The van der Waals surface area contributed by atoms with Gasteiger partial charge in [-0.1, -0.05) is 0 Å². The normalized spacial score (nSPS) is 26.1. The van der Waals surface area contributed by atoms with E-state index in [0.717, 1.165) is 6.54 Å². The zero-order valence-electron chi connectivity index (χ0n) is 10.1. The molecule has 1 saturated heterocycles. The molecule has 1 rings (SSSR count). The summed E-state index contributed by atoms with van der Waals surface area (Å²) in [4.78, 5) is 15.8. The van der Waals surface area contributed by atoms with E-state index in [0.29, 0.717) is 13.1 Å². The lowest BCUT2D eigenvalue weighted by molar-refractivity contribution is -0.142. The average molecular weight is 214 g/mol. The summed E-state index contributed by atoms with van der Waals surface area (Å²) in [6.45, 7) is 9.78. The van der Waals surface area contributed by atoms with Crippen LogP contribution in [0.5, 0.6) is 0 Å². The van der Waals surface area contributed by atoms with Gasteiger partial charge in [0.1, 0.15) is 0 Å². The smallest absolute Gasteiger partial charge is 0.237 e. The fraction of sp³-hybridized carbons (Fsp3) is 0.909. The van der Waals surface area contributed by atoms with Crippen LogP contribution in [0.1, 0.15) is 27.7 Å². The predicted octanol–water partition coefficient (Wildman–Crippen LogP) is 0.308. The van der Waals surface area contributed by atoms with Crippen molar-refractivity contribution in [1.82, 2.24) is 9.80 Å². The Morgan fingerprint density at radius 2 is 2.07 bits per heavy atom. The molecule has 1 fully saturated rings. The molecule has 88 valence electrons. The summed E-state index contributed by atoms with van der Waals surface area (Å²) in [5.74, 6) is 0.171. The number of aliphatic hydroxyl groups is 1. The van der Waals surface area contributed by atoms with Crippen molar-refractivity contribution in [3.05, 3.63) is 0 Å². The zero-order valence-corrected chi connectivity index (χ0v) is 10.1. The minimum atomic E-state index is -0.365. The number of aliphatic hydroxyl groups excluding tert-OH is 1. The van der Waals surface area contributed by atoms with E-state index < -0.39 is 0 Å². The summed E-state index contributed by atoms with van der Waals surface area (Å²) in [5.41, 5.74) is 0. The van der Waals surface area contributed by atoms with Gasteiger partial charge in [0.15, 0.2) is 0 Å². The van der Waals surface area contributed by atoms with Gasteiger partial charge in [-0.15, -0.1) is 0 Å². The molecule has 0 aromatic heterocycles. The quantitative estimate of drug-likeness (QED) is 0.735. The van der Waals surface area contributed by atoms with E-state index in [1.165, 1.54) is 0 Å². The van der Waals surface area contributed by atoms with Gasteiger partial charge in [0.05, 0.1) is 12.6 Å². The van der Waals surface area contributed by atoms with Gasteiger partial charge in [0.25, 0.3) is 0 Å². The maximum absolute atomic E-state index is 11.8. The van der Waals surface area contributed by atoms with Crippen LogP contribution in [0.15, 0.2) is 0 Å². The molecule has 0 saturated carbocycles. The van der Waals surface area contributed by atoms with Crippen molar-refractivity contribution in [1.29, 1.82) is 0 Å². The highest BCUT2D eigenvalue weighted by Crippen LogP contribution is 2.14. The summed E-state index contributed by atoms with van der Waals surface area (Å²) in [7, 11) is 0. The maximum atomic E-state index is 11.8. The molecule has 0 radical (unpaired) electrons. The van der Waals surface area contributed by atoms with Crippen molar-refractivity contribution in [2.45, 2.75) is 45.9 Å². The largest absolute Gasteiger partial charge is 0.392 e. The number of piperazine rings is 1. The SMILES string of the molecule is CC(O)CN1CC(=O)N(C(C)C)C(C)C1. The molecule has 15 heavy (non-hydrogen) atoms. The van der Waals surface area contributed by atoms with E-state index in [9.17, 15) is 9.90 Å². The van der Waals surface area contributed by atoms with Gasteiger partial charge >= 0.3 is 0 Å². The van der Waals surface area contributed by atoms with Crippen LogP contribution in [0.25, 0.3) is 0 Å². The first kappa shape index (κ1) is 12.5. The fourth-order valence-corrected chi connectivity index (χ4v) is 2.35. The minimum absolute atomic E-state index is 0.171. The monoisotopic (exact) mass is 214 g/mol. The molecule has 1 amide bonds. The lowest BCUT2D eigenvalue weighted by atomic mass is 10.1. The van der Waals surface area contributed by atoms with E-state index >= 15 is 0 Å². The minimum Gasteiger partial charge on any atom is -0.392 e. The van der Waals surface area contributed by atoms with Crippen LogP contribution in [0, 0.1) is 0 Å². The Hall–Kier alpha value is -0.610. The lowest BCUT2D eigenvalue weighted by Gasteiger charge is -2.42. The van der Waals surface area contributed by atoms with E-state index in [-0.39, 0.29) is 24.1 Å². The molecule has 0 spiro atoms. The van der Waals surface area contributed by atoms with Crippen LogP contribution in [-0.4, -0.2) is 58.6 Å². The number of β-amino-alcohol motifs (C(OH)–C–C–N with tert-alkyl or cyclic N) is 1. The van der Waals surface area contributed by atoms with E-state index in [4.69, 9.17) is 0 Å². The first-order chi connectivity index (χ1) is 6.91. The summed E-state index contributed by atoms with van der Waals surface area (Å²) in [5, 5.41) is 9.29. The molecular weight excluding hydrogens is 192 g/mol. The number of carbonyl (C=O) groups is 1. The number of nitrogens with zero attached hydrogens (tertiary/aromatic N) is 2. The third-order valence-electron chi connectivity index (χ3n) is 2.72. The van der Waals surface area contributed by atoms with Crippen LogP contribution in [-0.2, 0) is 4.79 Å². The molecule has 4 nitrogen and oxygen atoms in total.